The van der Waals surface area contributed by atoms with E-state index in [1.807, 2.05) is 13.6 Å². The molecule has 0 spiro atoms. The van der Waals surface area contributed by atoms with Crippen LogP contribution in [0.3, 0.4) is 0 Å². The van der Waals surface area contributed by atoms with Gasteiger partial charge >= 0.3 is 7.60 Å². The van der Waals surface area contributed by atoms with Crippen molar-refractivity contribution in [3.05, 3.63) is 0 Å². The molecule has 1 aliphatic rings. The van der Waals surface area contributed by atoms with E-state index in [0.29, 0.717) is 6.61 Å². The third-order valence-corrected chi connectivity index (χ3v) is 5.01. The maximum Gasteiger partial charge on any atom is 0.328 e. The second-order valence-electron chi connectivity index (χ2n) is 3.55. The van der Waals surface area contributed by atoms with Crippen molar-refractivity contribution in [3.63, 3.8) is 0 Å². The van der Waals surface area contributed by atoms with Crippen LogP contribution < -0.4 is 0 Å². The highest BCUT2D eigenvalue weighted by Gasteiger charge is 2.34. The highest BCUT2D eigenvalue weighted by molar-refractivity contribution is 7.52. The molecule has 0 aromatic rings. The van der Waals surface area contributed by atoms with E-state index in [9.17, 15) is 9.46 Å². The minimum absolute atomic E-state index is 0.00508. The Bertz CT molecular complexity index is 247. The fraction of sp³-hybridized carbons (Fsp3) is 1.00. The Morgan fingerprint density at radius 1 is 1.67 bits per heavy atom. The van der Waals surface area contributed by atoms with Crippen LogP contribution >= 0.6 is 16.0 Å². The highest BCUT2D eigenvalue weighted by Crippen LogP contribution is 2.49. The Morgan fingerprint density at radius 2 is 2.33 bits per heavy atom. The van der Waals surface area contributed by atoms with Crippen LogP contribution in [0.15, 0.2) is 0 Å². The molecular weight excluding hydrogens is 238 g/mol. The van der Waals surface area contributed by atoms with Crippen molar-refractivity contribution in [2.75, 3.05) is 26.5 Å². The maximum atomic E-state index is 11.4. The Hall–Kier alpha value is 0.500. The van der Waals surface area contributed by atoms with Crippen LogP contribution in [-0.4, -0.2) is 37.5 Å². The summed E-state index contributed by atoms with van der Waals surface area (Å²) in [5, 5.41) is 0. The summed E-state index contributed by atoms with van der Waals surface area (Å²) in [6.45, 7) is 4.37. The van der Waals surface area contributed by atoms with Crippen LogP contribution in [-0.2, 0) is 18.1 Å². The molecule has 1 N–H and O–H groups in total. The minimum Gasteiger partial charge on any atom is -0.334 e. The molecule has 1 aliphatic heterocycles. The summed E-state index contributed by atoms with van der Waals surface area (Å²) >= 11 is 0. The van der Waals surface area contributed by atoms with E-state index in [1.165, 1.54) is 7.11 Å². The predicted molar refractivity (Wildman–Crippen MR) is 59.2 cm³/mol. The molecular formula is C8H18O5P2. The van der Waals surface area contributed by atoms with Gasteiger partial charge in [-0.3, -0.25) is 4.57 Å². The highest BCUT2D eigenvalue weighted by atomic mass is 31.2. The predicted octanol–water partition coefficient (Wildman–Crippen LogP) is 2.20. The zero-order valence-corrected chi connectivity index (χ0v) is 11.0. The Morgan fingerprint density at radius 3 is 2.87 bits per heavy atom. The Balaban J connectivity index is 2.56. The molecule has 5 nitrogen and oxygen atoms in total. The molecule has 4 atom stereocenters. The Labute approximate surface area is 91.6 Å². The lowest BCUT2D eigenvalue weighted by molar-refractivity contribution is 0.0540. The summed E-state index contributed by atoms with van der Waals surface area (Å²) in [6, 6.07) is 0. The van der Waals surface area contributed by atoms with E-state index >= 15 is 0 Å². The summed E-state index contributed by atoms with van der Waals surface area (Å²) < 4.78 is 26.9. The summed E-state index contributed by atoms with van der Waals surface area (Å²) in [6.07, 6.45) is 0.931. The zero-order chi connectivity index (χ0) is 11.5. The minimum atomic E-state index is -3.46. The van der Waals surface area contributed by atoms with Gasteiger partial charge in [0.15, 0.2) is 8.38 Å². The first-order valence-corrected chi connectivity index (χ1v) is 8.28. The van der Waals surface area contributed by atoms with Crippen LogP contribution in [0.5, 0.6) is 0 Å². The van der Waals surface area contributed by atoms with Crippen molar-refractivity contribution < 1.29 is 23.0 Å². The van der Waals surface area contributed by atoms with Gasteiger partial charge in [-0.1, -0.05) is 6.92 Å². The Kier molecular flexibility index (Phi) is 5.17. The summed E-state index contributed by atoms with van der Waals surface area (Å²) in [4.78, 5) is 9.38. The number of rotatable bonds is 4. The molecule has 1 rings (SSSR count). The van der Waals surface area contributed by atoms with Crippen molar-refractivity contribution in [1.82, 2.24) is 0 Å². The van der Waals surface area contributed by atoms with Gasteiger partial charge in [0.05, 0.1) is 18.9 Å². The lowest BCUT2D eigenvalue weighted by Crippen LogP contribution is -2.32. The largest absolute Gasteiger partial charge is 0.334 e. The first-order chi connectivity index (χ1) is 6.98. The van der Waals surface area contributed by atoms with Crippen molar-refractivity contribution in [3.8, 4) is 0 Å². The SMILES string of the molecule is CCC1OP(C)OCC1CP(=O)(O)OC. The summed E-state index contributed by atoms with van der Waals surface area (Å²) in [5.41, 5.74) is 0. The zero-order valence-electron chi connectivity index (χ0n) is 9.25. The van der Waals surface area contributed by atoms with Crippen LogP contribution in [0.25, 0.3) is 0 Å². The molecule has 1 fully saturated rings. The molecule has 1 saturated heterocycles. The van der Waals surface area contributed by atoms with Gasteiger partial charge < -0.3 is 18.5 Å². The average molecular weight is 256 g/mol. The standard InChI is InChI=1S/C8H18O5P2/c1-4-8-7(5-12-14(3)13-8)6-15(9,10)11-2/h7-8H,4-6H2,1-3H3,(H,9,10). The van der Waals surface area contributed by atoms with Crippen molar-refractivity contribution in [2.45, 2.75) is 19.4 Å². The van der Waals surface area contributed by atoms with E-state index in [0.717, 1.165) is 6.42 Å². The van der Waals surface area contributed by atoms with E-state index in [4.69, 9.17) is 9.05 Å². The van der Waals surface area contributed by atoms with Crippen LogP contribution in [0.1, 0.15) is 13.3 Å². The van der Waals surface area contributed by atoms with Gasteiger partial charge in [0.2, 0.25) is 0 Å². The molecule has 1 heterocycles. The van der Waals surface area contributed by atoms with Gasteiger partial charge in [-0.05, 0) is 6.42 Å². The first-order valence-electron chi connectivity index (χ1n) is 4.89. The van der Waals surface area contributed by atoms with Gasteiger partial charge in [0.25, 0.3) is 0 Å². The van der Waals surface area contributed by atoms with E-state index in [2.05, 4.69) is 4.52 Å². The molecule has 0 amide bonds. The molecule has 15 heavy (non-hydrogen) atoms. The van der Waals surface area contributed by atoms with Gasteiger partial charge in [-0.2, -0.15) is 0 Å². The third-order valence-electron chi connectivity index (χ3n) is 2.43. The molecule has 4 unspecified atom stereocenters. The summed E-state index contributed by atoms with van der Waals surface area (Å²) in [7, 11) is -3.04. The normalized spacial score (nSPS) is 36.1. The lowest BCUT2D eigenvalue weighted by atomic mass is 10.0. The van der Waals surface area contributed by atoms with E-state index in [-0.39, 0.29) is 18.2 Å². The molecule has 90 valence electrons. The van der Waals surface area contributed by atoms with E-state index in [1.54, 1.807) is 0 Å². The van der Waals surface area contributed by atoms with Crippen molar-refractivity contribution in [1.29, 1.82) is 0 Å². The van der Waals surface area contributed by atoms with Crippen molar-refractivity contribution >= 4 is 16.0 Å². The van der Waals surface area contributed by atoms with Gasteiger partial charge in [-0.15, -0.1) is 0 Å². The van der Waals surface area contributed by atoms with Crippen LogP contribution in [0.2, 0.25) is 0 Å². The molecule has 0 saturated carbocycles. The van der Waals surface area contributed by atoms with E-state index < -0.39 is 16.0 Å². The van der Waals surface area contributed by atoms with Crippen LogP contribution in [0, 0.1) is 5.92 Å². The monoisotopic (exact) mass is 256 g/mol. The number of hydrogen-bond donors (Lipinski definition) is 1. The average Bonchev–Trinajstić information content (AvgIpc) is 2.20. The smallest absolute Gasteiger partial charge is 0.328 e. The fourth-order valence-corrected chi connectivity index (χ4v) is 3.81. The fourth-order valence-electron chi connectivity index (χ4n) is 1.56. The second-order valence-corrected chi connectivity index (χ2v) is 6.90. The van der Waals surface area contributed by atoms with Crippen LogP contribution in [0.4, 0.5) is 0 Å². The third kappa shape index (κ3) is 4.10. The van der Waals surface area contributed by atoms with Gasteiger partial charge in [-0.25, -0.2) is 0 Å². The van der Waals surface area contributed by atoms with Gasteiger partial charge in [0.1, 0.15) is 0 Å². The first kappa shape index (κ1) is 13.6. The topological polar surface area (TPSA) is 65.0 Å². The maximum absolute atomic E-state index is 11.4. The molecule has 0 radical (unpaired) electrons. The molecule has 0 aromatic heterocycles. The molecule has 0 aliphatic carbocycles. The number of hydrogen-bond acceptors (Lipinski definition) is 4. The molecule has 0 bridgehead atoms. The quantitative estimate of drug-likeness (QED) is 0.781. The summed E-state index contributed by atoms with van der Waals surface area (Å²) in [5.74, 6) is -0.0514. The molecule has 7 heteroatoms. The second kappa shape index (κ2) is 5.72. The van der Waals surface area contributed by atoms with Crippen molar-refractivity contribution in [2.24, 2.45) is 5.92 Å². The van der Waals surface area contributed by atoms with Gasteiger partial charge in [0, 0.05) is 19.7 Å². The molecule has 0 aromatic carbocycles. The lowest BCUT2D eigenvalue weighted by Gasteiger charge is -2.34.